The van der Waals surface area contributed by atoms with Crippen molar-refractivity contribution in [3.63, 3.8) is 0 Å². The number of hydrogen-bond acceptors (Lipinski definition) is 4. The lowest BCUT2D eigenvalue weighted by Gasteiger charge is -2.58. The van der Waals surface area contributed by atoms with Gasteiger partial charge in [-0.1, -0.05) is 51.3 Å². The highest BCUT2D eigenvalue weighted by molar-refractivity contribution is 5.89. The van der Waals surface area contributed by atoms with Crippen molar-refractivity contribution in [2.24, 2.45) is 28.6 Å². The summed E-state index contributed by atoms with van der Waals surface area (Å²) in [7, 11) is 0. The average Bonchev–Trinajstić information content (AvgIpc) is 3.03. The van der Waals surface area contributed by atoms with E-state index in [2.05, 4.69) is 39.8 Å². The van der Waals surface area contributed by atoms with Crippen LogP contribution in [0.3, 0.4) is 0 Å². The van der Waals surface area contributed by atoms with E-state index in [4.69, 9.17) is 4.74 Å². The molecule has 2 fully saturated rings. The Balaban J connectivity index is 1.66. The van der Waals surface area contributed by atoms with Gasteiger partial charge in [0.15, 0.2) is 11.4 Å². The molecule has 2 saturated carbocycles. The van der Waals surface area contributed by atoms with Gasteiger partial charge in [-0.3, -0.25) is 9.59 Å². The molecule has 0 spiro atoms. The van der Waals surface area contributed by atoms with Crippen LogP contribution >= 0.6 is 0 Å². The van der Waals surface area contributed by atoms with Gasteiger partial charge in [-0.2, -0.15) is 0 Å². The van der Waals surface area contributed by atoms with Crippen LogP contribution in [0.1, 0.15) is 98.8 Å². The number of hydrogen-bond donors (Lipinski definition) is 1. The minimum atomic E-state index is -0.979. The third-order valence-electron chi connectivity index (χ3n) is 9.91. The van der Waals surface area contributed by atoms with Crippen molar-refractivity contribution < 1.29 is 19.4 Å². The van der Waals surface area contributed by atoms with Gasteiger partial charge >= 0.3 is 5.97 Å². The summed E-state index contributed by atoms with van der Waals surface area (Å²) in [5.41, 5.74) is 1.41. The van der Waals surface area contributed by atoms with Crippen LogP contribution in [-0.2, 0) is 14.3 Å². The summed E-state index contributed by atoms with van der Waals surface area (Å²) in [5.74, 6) is 1.08. The Morgan fingerprint density at radius 1 is 1.06 bits per heavy atom. The summed E-state index contributed by atoms with van der Waals surface area (Å²) in [4.78, 5) is 25.9. The fraction of sp³-hybridized carbons (Fsp3) is 0.786. The predicted molar refractivity (Wildman–Crippen MR) is 126 cm³/mol. The Morgan fingerprint density at radius 3 is 2.47 bits per heavy atom. The standard InChI is InChI=1S/C28H42O4/c1-6-7-8-9-25(31)32-28(19(3)29)15-12-23-21-16-18(2)24-17-20(30)10-13-26(24,4)22(21)11-14-27(23,28)5/h16-17,20-23,30H,6-15H2,1-5H3/t20-,21+,22-,23-,26-,27+,28+/m1/s1. The molecule has 32 heavy (non-hydrogen) atoms. The fourth-order valence-corrected chi connectivity index (χ4v) is 8.15. The maximum Gasteiger partial charge on any atom is 0.306 e. The zero-order valence-electron chi connectivity index (χ0n) is 20.7. The summed E-state index contributed by atoms with van der Waals surface area (Å²) >= 11 is 0. The molecule has 0 aromatic rings. The number of ketones is 1. The van der Waals surface area contributed by atoms with Crippen LogP contribution in [-0.4, -0.2) is 28.6 Å². The zero-order chi connectivity index (χ0) is 23.3. The number of fused-ring (bicyclic) bond motifs is 5. The molecule has 1 N–H and O–H groups in total. The number of carbonyl (C=O) groups excluding carboxylic acids is 2. The maximum absolute atomic E-state index is 13.1. The molecule has 0 unspecified atom stereocenters. The highest BCUT2D eigenvalue weighted by Gasteiger charge is 2.67. The monoisotopic (exact) mass is 442 g/mol. The number of Topliss-reactive ketones (excluding diaryl/α,β-unsaturated/α-hetero) is 1. The molecule has 0 amide bonds. The lowest BCUT2D eigenvalue weighted by atomic mass is 9.47. The van der Waals surface area contributed by atoms with Crippen molar-refractivity contribution in [3.05, 3.63) is 23.3 Å². The number of aliphatic hydroxyl groups is 1. The zero-order valence-corrected chi connectivity index (χ0v) is 20.7. The Morgan fingerprint density at radius 2 is 1.78 bits per heavy atom. The average molecular weight is 443 g/mol. The second-order valence-corrected chi connectivity index (χ2v) is 11.6. The molecule has 0 aliphatic heterocycles. The molecule has 7 atom stereocenters. The number of unbranched alkanes of at least 4 members (excludes halogenated alkanes) is 2. The van der Waals surface area contributed by atoms with E-state index in [1.807, 2.05) is 0 Å². The molecule has 4 rings (SSSR count). The van der Waals surface area contributed by atoms with Gasteiger partial charge in [0.05, 0.1) is 6.10 Å². The molecule has 0 saturated heterocycles. The molecule has 0 aromatic carbocycles. The number of aliphatic hydroxyl groups excluding tert-OH is 1. The second kappa shape index (κ2) is 8.42. The SMILES string of the molecule is CCCCCC(=O)O[C@]1(C(C)=O)CC[C@@H]2[C@H]3C=C(C)C4=C[C@H](O)CC[C@]4(C)[C@@H]3CC[C@@]21C. The van der Waals surface area contributed by atoms with Gasteiger partial charge in [0.25, 0.3) is 0 Å². The number of esters is 1. The lowest BCUT2D eigenvalue weighted by Crippen LogP contribution is -2.58. The first-order valence-corrected chi connectivity index (χ1v) is 12.9. The predicted octanol–water partition coefficient (Wildman–Crippen LogP) is 5.93. The van der Waals surface area contributed by atoms with Crippen LogP contribution in [0.5, 0.6) is 0 Å². The van der Waals surface area contributed by atoms with Crippen LogP contribution in [0, 0.1) is 28.6 Å². The van der Waals surface area contributed by atoms with Crippen LogP contribution in [0.15, 0.2) is 23.3 Å². The van der Waals surface area contributed by atoms with Gasteiger partial charge in [-0.05, 0) is 87.5 Å². The van der Waals surface area contributed by atoms with Crippen molar-refractivity contribution in [1.82, 2.24) is 0 Å². The molecule has 0 radical (unpaired) electrons. The smallest absolute Gasteiger partial charge is 0.306 e. The van der Waals surface area contributed by atoms with E-state index in [9.17, 15) is 14.7 Å². The lowest BCUT2D eigenvalue weighted by molar-refractivity contribution is -0.187. The molecule has 4 heteroatoms. The van der Waals surface area contributed by atoms with Crippen LogP contribution in [0.25, 0.3) is 0 Å². The van der Waals surface area contributed by atoms with Gasteiger partial charge in [-0.15, -0.1) is 0 Å². The Hall–Kier alpha value is -1.42. The molecule has 0 aromatic heterocycles. The van der Waals surface area contributed by atoms with Gasteiger partial charge in [-0.25, -0.2) is 0 Å². The first-order valence-electron chi connectivity index (χ1n) is 12.9. The van der Waals surface area contributed by atoms with Gasteiger partial charge in [0.1, 0.15) is 0 Å². The van der Waals surface area contributed by atoms with Crippen molar-refractivity contribution in [1.29, 1.82) is 0 Å². The quantitative estimate of drug-likeness (QED) is 0.409. The third-order valence-corrected chi connectivity index (χ3v) is 9.91. The molecular weight excluding hydrogens is 400 g/mol. The van der Waals surface area contributed by atoms with Gasteiger partial charge < -0.3 is 9.84 Å². The summed E-state index contributed by atoms with van der Waals surface area (Å²) < 4.78 is 6.18. The molecule has 4 aliphatic carbocycles. The van der Waals surface area contributed by atoms with Crippen LogP contribution in [0.2, 0.25) is 0 Å². The topological polar surface area (TPSA) is 63.6 Å². The van der Waals surface area contributed by atoms with Gasteiger partial charge in [0, 0.05) is 11.8 Å². The largest absolute Gasteiger partial charge is 0.450 e. The van der Waals surface area contributed by atoms with E-state index in [0.717, 1.165) is 51.4 Å². The molecule has 178 valence electrons. The Labute approximate surface area is 193 Å². The van der Waals surface area contributed by atoms with E-state index >= 15 is 0 Å². The van der Waals surface area contributed by atoms with Crippen molar-refractivity contribution in [2.45, 2.75) is 111 Å². The summed E-state index contributed by atoms with van der Waals surface area (Å²) in [6.07, 6.45) is 12.9. The molecule has 4 aliphatic rings. The molecule has 0 bridgehead atoms. The number of rotatable bonds is 6. The number of carbonyl (C=O) groups is 2. The van der Waals surface area contributed by atoms with E-state index in [0.29, 0.717) is 30.6 Å². The first kappa shape index (κ1) is 23.7. The highest BCUT2D eigenvalue weighted by Crippen LogP contribution is 2.68. The Kier molecular flexibility index (Phi) is 6.24. The van der Waals surface area contributed by atoms with Crippen molar-refractivity contribution in [2.75, 3.05) is 0 Å². The highest BCUT2D eigenvalue weighted by atomic mass is 16.6. The number of allylic oxidation sites excluding steroid dienone is 3. The number of ether oxygens (including phenoxy) is 1. The van der Waals surface area contributed by atoms with E-state index < -0.39 is 5.60 Å². The van der Waals surface area contributed by atoms with E-state index in [-0.39, 0.29) is 28.7 Å². The van der Waals surface area contributed by atoms with Crippen LogP contribution < -0.4 is 0 Å². The summed E-state index contributed by atoms with van der Waals surface area (Å²) in [6, 6.07) is 0. The molecule has 0 heterocycles. The second-order valence-electron chi connectivity index (χ2n) is 11.6. The summed E-state index contributed by atoms with van der Waals surface area (Å²) in [5, 5.41) is 10.3. The first-order chi connectivity index (χ1) is 15.1. The normalized spacial score (nSPS) is 42.8. The minimum Gasteiger partial charge on any atom is -0.450 e. The third kappa shape index (κ3) is 3.43. The summed E-state index contributed by atoms with van der Waals surface area (Å²) in [6.45, 7) is 10.6. The van der Waals surface area contributed by atoms with E-state index in [1.54, 1.807) is 6.92 Å². The van der Waals surface area contributed by atoms with E-state index in [1.165, 1.54) is 11.1 Å². The fourth-order valence-electron chi connectivity index (χ4n) is 8.15. The van der Waals surface area contributed by atoms with Crippen LogP contribution in [0.4, 0.5) is 0 Å². The molecule has 4 nitrogen and oxygen atoms in total. The Bertz CT molecular complexity index is 840. The van der Waals surface area contributed by atoms with Gasteiger partial charge in [0.2, 0.25) is 0 Å². The van der Waals surface area contributed by atoms with Crippen molar-refractivity contribution in [3.8, 4) is 0 Å². The molecular formula is C28H42O4. The van der Waals surface area contributed by atoms with Crippen molar-refractivity contribution >= 4 is 11.8 Å². The maximum atomic E-state index is 13.1. The minimum absolute atomic E-state index is 0.0221.